The topological polar surface area (TPSA) is 57.4 Å². The van der Waals surface area contributed by atoms with Crippen LogP contribution in [0, 0.1) is 11.8 Å². The summed E-state index contributed by atoms with van der Waals surface area (Å²) in [4.78, 5) is 0. The molecule has 0 spiro atoms. The Balaban J connectivity index is 0. The van der Waals surface area contributed by atoms with Crippen molar-refractivity contribution in [3.8, 4) is 0 Å². The summed E-state index contributed by atoms with van der Waals surface area (Å²) >= 11 is 5.76. The van der Waals surface area contributed by atoms with Crippen LogP contribution in [-0.4, -0.2) is 34.2 Å². The summed E-state index contributed by atoms with van der Waals surface area (Å²) in [5.74, 6) is -0.113. The summed E-state index contributed by atoms with van der Waals surface area (Å²) in [7, 11) is 0. The van der Waals surface area contributed by atoms with Gasteiger partial charge < -0.3 is 9.83 Å². The zero-order valence-corrected chi connectivity index (χ0v) is 16.9. The van der Waals surface area contributed by atoms with Crippen LogP contribution in [0.3, 0.4) is 0 Å². The summed E-state index contributed by atoms with van der Waals surface area (Å²) in [5.41, 5.74) is 0. The van der Waals surface area contributed by atoms with Crippen LogP contribution in [0.4, 0.5) is 0 Å². The van der Waals surface area contributed by atoms with E-state index in [1.54, 1.807) is 22.5 Å². The first-order valence-electron chi connectivity index (χ1n) is 7.70. The molecule has 0 aromatic carbocycles. The molecule has 0 heterocycles. The molecule has 5 heteroatoms. The first-order valence-corrected chi connectivity index (χ1v) is 10.3. The van der Waals surface area contributed by atoms with E-state index in [0.717, 1.165) is 25.7 Å². The molecule has 0 bridgehead atoms. The van der Waals surface area contributed by atoms with Gasteiger partial charge in [-0.3, -0.25) is 5.11 Å². The van der Waals surface area contributed by atoms with Gasteiger partial charge in [0.1, 0.15) is 0 Å². The molecule has 2 radical (unpaired) electrons. The van der Waals surface area contributed by atoms with E-state index in [9.17, 15) is 10.4 Å². The van der Waals surface area contributed by atoms with E-state index in [0.29, 0.717) is 11.7 Å². The van der Waals surface area contributed by atoms with Gasteiger partial charge in [-0.1, -0.05) is 39.5 Å². The number of aliphatic carboxylic acids is 1. The van der Waals surface area contributed by atoms with Gasteiger partial charge in [0.25, 0.3) is 0 Å². The number of rotatable bonds is 10. The van der Waals surface area contributed by atoms with Gasteiger partial charge >= 0.3 is 52.7 Å². The molecule has 0 aliphatic heterocycles. The number of unbranched alkanes of at least 4 members (excludes halogenated alkanes) is 2. The van der Waals surface area contributed by atoms with Crippen LogP contribution in [0.15, 0.2) is 0 Å². The van der Waals surface area contributed by atoms with E-state index >= 15 is 0 Å². The molecule has 20 heavy (non-hydrogen) atoms. The Morgan fingerprint density at radius 3 is 2.10 bits per heavy atom. The van der Waals surface area contributed by atoms with E-state index in [2.05, 4.69) is 38.0 Å². The van der Waals surface area contributed by atoms with E-state index in [1.807, 2.05) is 0 Å². The molecular weight excluding hydrogens is 379 g/mol. The second-order valence-electron chi connectivity index (χ2n) is 5.04. The summed E-state index contributed by atoms with van der Waals surface area (Å²) < 4.78 is 4.95. The number of hydrogen-bond acceptors (Lipinski definition) is 3. The molecule has 0 N–H and O–H groups in total. The van der Waals surface area contributed by atoms with Crippen molar-refractivity contribution >= 4 is 41.1 Å². The van der Waals surface area contributed by atoms with Gasteiger partial charge in [-0.25, -0.2) is 0 Å². The maximum atomic E-state index is 11.1. The van der Waals surface area contributed by atoms with Gasteiger partial charge in [0.05, 0.1) is 5.92 Å². The summed E-state index contributed by atoms with van der Waals surface area (Å²) in [6.45, 7) is 6.48. The van der Waals surface area contributed by atoms with Crippen LogP contribution in [-0.2, 0) is 4.58 Å². The molecule has 3 nitrogen and oxygen atoms in total. The van der Waals surface area contributed by atoms with Crippen LogP contribution in [0.2, 0.25) is 4.44 Å². The van der Waals surface area contributed by atoms with Crippen LogP contribution >= 0.6 is 12.6 Å². The van der Waals surface area contributed by atoms with Crippen molar-refractivity contribution in [3.63, 3.8) is 0 Å². The molecule has 118 valence electrons. The maximum absolute atomic E-state index is 11.1. The van der Waals surface area contributed by atoms with Crippen molar-refractivity contribution in [2.45, 2.75) is 70.2 Å². The Hall–Kier alpha value is 0.419. The van der Waals surface area contributed by atoms with Crippen molar-refractivity contribution in [2.75, 3.05) is 5.75 Å². The third kappa shape index (κ3) is 13.4. The minimum absolute atomic E-state index is 0.340. The number of carboxylic acid groups (broad SMARTS) is 1. The number of thiol groups is 1. The van der Waals surface area contributed by atoms with Crippen LogP contribution in [0.1, 0.15) is 65.7 Å². The predicted octanol–water partition coefficient (Wildman–Crippen LogP) is 2.07. The third-order valence-corrected chi connectivity index (χ3v) is 4.78. The molecular formula is C15H30O3SSn. The Morgan fingerprint density at radius 1 is 1.20 bits per heavy atom. The number of carboxylic acids is 1. The van der Waals surface area contributed by atoms with Gasteiger partial charge in [0.2, 0.25) is 0 Å². The van der Waals surface area contributed by atoms with Gasteiger partial charge in [-0.2, -0.15) is 12.6 Å². The molecule has 2 unspecified atom stereocenters. The van der Waals surface area contributed by atoms with Crippen molar-refractivity contribution in [1.29, 1.82) is 0 Å². The van der Waals surface area contributed by atoms with E-state index in [4.69, 9.17) is 0 Å². The first-order chi connectivity index (χ1) is 9.60. The zero-order chi connectivity index (χ0) is 15.8. The Kier molecular flexibility index (Phi) is 19.8. The zero-order valence-electron chi connectivity index (χ0n) is 13.2. The predicted molar refractivity (Wildman–Crippen MR) is 85.7 cm³/mol. The summed E-state index contributed by atoms with van der Waals surface area (Å²) in [6, 6.07) is 0. The molecule has 2 atom stereocenters. The van der Waals surface area contributed by atoms with Crippen molar-refractivity contribution in [3.05, 3.63) is 0 Å². The summed E-state index contributed by atoms with van der Waals surface area (Å²) in [6.07, 6.45) is 8.00. The second-order valence-corrected chi connectivity index (χ2v) is 6.83. The van der Waals surface area contributed by atoms with E-state index < -0.39 is 5.97 Å². The van der Waals surface area contributed by atoms with E-state index in [-0.39, 0.29) is 5.92 Å². The number of hydrogen-bond donors (Lipinski definition) is 1. The summed E-state index contributed by atoms with van der Waals surface area (Å²) in [5, 5.41) is 21.1. The Labute approximate surface area is 143 Å². The van der Waals surface area contributed by atoms with Crippen LogP contribution in [0.5, 0.6) is 0 Å². The Morgan fingerprint density at radius 2 is 1.80 bits per heavy atom. The molecule has 0 aromatic rings. The van der Waals surface area contributed by atoms with Gasteiger partial charge in [-0.15, -0.1) is 0 Å². The quantitative estimate of drug-likeness (QED) is 0.198. The fourth-order valence-electron chi connectivity index (χ4n) is 1.87. The van der Waals surface area contributed by atoms with Gasteiger partial charge in [0.15, 0.2) is 0 Å². The Bertz CT molecular complexity index is 223. The van der Waals surface area contributed by atoms with Crippen molar-refractivity contribution in [2.24, 2.45) is 11.8 Å². The fourth-order valence-corrected chi connectivity index (χ4v) is 3.18. The van der Waals surface area contributed by atoms with Gasteiger partial charge in [0, 0.05) is 5.75 Å². The fraction of sp³-hybridized carbons (Fsp3) is 0.933. The van der Waals surface area contributed by atoms with Crippen LogP contribution in [0.25, 0.3) is 0 Å². The van der Waals surface area contributed by atoms with Crippen LogP contribution < -0.4 is 10.4 Å². The van der Waals surface area contributed by atoms with E-state index in [1.165, 1.54) is 23.7 Å². The number of carbonyl (C=O) groups excluding carboxylic acids is 1. The average Bonchev–Trinajstić information content (AvgIpc) is 2.48. The first kappa shape index (κ1) is 22.7. The molecule has 0 amide bonds. The normalized spacial score (nSPS) is 14.3. The molecule has 0 aliphatic rings. The molecule has 0 aliphatic carbocycles. The monoisotopic (exact) mass is 410 g/mol. The average molecular weight is 409 g/mol. The standard InChI is InChI=1S/C11H22O3S.C4H9.Sn/c1-3-5-6-9(4-2)7-10(8-15)11(12)14-13;1-3-4-2;/h9-10,12,15H,3-8H2,1-2H3;1,3-4H2,2H3;/q;;+1/p-1. The van der Waals surface area contributed by atoms with Gasteiger partial charge in [-0.05, 0) is 12.3 Å². The molecule has 0 fully saturated rings. The second kappa shape index (κ2) is 17.5. The molecule has 0 rings (SSSR count). The third-order valence-electron chi connectivity index (χ3n) is 3.33. The van der Waals surface area contributed by atoms with Crippen molar-refractivity contribution < 1.29 is 14.9 Å². The van der Waals surface area contributed by atoms with Crippen molar-refractivity contribution in [1.82, 2.24) is 0 Å². The SMILES string of the molecule is CCCCC(CC)CC(CS)C([O-])=[O+][O-].CCC[CH2][Sn+]. The molecule has 0 saturated carbocycles. The molecule has 0 aromatic heterocycles. The minimum atomic E-state index is -0.667. The molecule has 0 saturated heterocycles.